The maximum absolute atomic E-state index is 12.2. The van der Waals surface area contributed by atoms with E-state index in [1.165, 1.54) is 24.3 Å². The SMILES string of the molecule is O=C(NNS(=O)(=O)c1ccc2c(c1)OCCCO2)c1ccc[nH]1. The number of sulfonamides is 1. The summed E-state index contributed by atoms with van der Waals surface area (Å²) in [7, 11) is -3.92. The molecule has 0 spiro atoms. The van der Waals surface area contributed by atoms with E-state index < -0.39 is 15.9 Å². The Balaban J connectivity index is 1.74. The van der Waals surface area contributed by atoms with Crippen LogP contribution < -0.4 is 19.7 Å². The monoisotopic (exact) mass is 337 g/mol. The molecule has 2 heterocycles. The van der Waals surface area contributed by atoms with Gasteiger partial charge < -0.3 is 14.5 Å². The van der Waals surface area contributed by atoms with Crippen molar-refractivity contribution >= 4 is 15.9 Å². The number of aromatic nitrogens is 1. The van der Waals surface area contributed by atoms with Gasteiger partial charge in [-0.1, -0.05) is 0 Å². The highest BCUT2D eigenvalue weighted by atomic mass is 32.2. The fourth-order valence-corrected chi connectivity index (χ4v) is 2.88. The smallest absolute Gasteiger partial charge is 0.282 e. The number of amides is 1. The number of ether oxygens (including phenoxy) is 2. The molecule has 0 radical (unpaired) electrons. The third-order valence-electron chi connectivity index (χ3n) is 3.17. The molecular formula is C14H15N3O5S. The summed E-state index contributed by atoms with van der Waals surface area (Å²) in [6.45, 7) is 0.969. The standard InChI is InChI=1S/C14H15N3O5S/c18-14(11-3-1-6-15-11)16-17-23(19,20)10-4-5-12-13(9-10)22-8-2-7-21-12/h1,3-6,9,15,17H,2,7-8H2,(H,16,18). The number of nitrogens with one attached hydrogen (secondary N) is 3. The fourth-order valence-electron chi connectivity index (χ4n) is 2.02. The first-order chi connectivity index (χ1) is 11.1. The second kappa shape index (κ2) is 6.31. The van der Waals surface area contributed by atoms with Crippen LogP contribution in [0.15, 0.2) is 41.4 Å². The van der Waals surface area contributed by atoms with Crippen molar-refractivity contribution in [2.45, 2.75) is 11.3 Å². The molecule has 0 aliphatic carbocycles. The normalized spacial score (nSPS) is 14.1. The van der Waals surface area contributed by atoms with Crippen LogP contribution in [0.2, 0.25) is 0 Å². The van der Waals surface area contributed by atoms with Crippen molar-refractivity contribution in [3.8, 4) is 11.5 Å². The van der Waals surface area contributed by atoms with Crippen LogP contribution in [0.3, 0.4) is 0 Å². The van der Waals surface area contributed by atoms with Crippen molar-refractivity contribution in [1.29, 1.82) is 0 Å². The molecule has 0 fully saturated rings. The number of hydrogen-bond acceptors (Lipinski definition) is 5. The Bertz CT molecular complexity index is 802. The van der Waals surface area contributed by atoms with Gasteiger partial charge in [0.05, 0.1) is 18.1 Å². The predicted molar refractivity (Wildman–Crippen MR) is 80.6 cm³/mol. The first-order valence-electron chi connectivity index (χ1n) is 6.91. The Labute approximate surface area is 132 Å². The number of hydrogen-bond donors (Lipinski definition) is 3. The highest BCUT2D eigenvalue weighted by Gasteiger charge is 2.19. The fraction of sp³-hybridized carbons (Fsp3) is 0.214. The zero-order valence-electron chi connectivity index (χ0n) is 12.0. The van der Waals surface area contributed by atoms with Gasteiger partial charge in [-0.15, -0.1) is 4.83 Å². The van der Waals surface area contributed by atoms with Crippen LogP contribution in [0.5, 0.6) is 11.5 Å². The number of hydrazine groups is 1. The van der Waals surface area contributed by atoms with E-state index >= 15 is 0 Å². The molecule has 1 aliphatic heterocycles. The topological polar surface area (TPSA) is 110 Å². The Morgan fingerprint density at radius 3 is 2.65 bits per heavy atom. The van der Waals surface area contributed by atoms with E-state index in [1.54, 1.807) is 12.3 Å². The first-order valence-corrected chi connectivity index (χ1v) is 8.40. The minimum absolute atomic E-state index is 0.0338. The largest absolute Gasteiger partial charge is 0.490 e. The van der Waals surface area contributed by atoms with Gasteiger partial charge in [0.15, 0.2) is 11.5 Å². The molecule has 2 aromatic rings. The lowest BCUT2D eigenvalue weighted by atomic mass is 10.3. The van der Waals surface area contributed by atoms with Crippen molar-refractivity contribution in [2.24, 2.45) is 0 Å². The molecule has 23 heavy (non-hydrogen) atoms. The molecule has 1 aromatic carbocycles. The number of carbonyl (C=O) groups excluding carboxylic acids is 1. The number of carbonyl (C=O) groups is 1. The maximum Gasteiger partial charge on any atom is 0.282 e. The number of H-pyrrole nitrogens is 1. The van der Waals surface area contributed by atoms with E-state index in [0.29, 0.717) is 24.7 Å². The van der Waals surface area contributed by atoms with Crippen LogP contribution in [-0.4, -0.2) is 32.5 Å². The first kappa shape index (κ1) is 15.4. The summed E-state index contributed by atoms with van der Waals surface area (Å²) in [6.07, 6.45) is 2.29. The molecule has 0 unspecified atom stereocenters. The van der Waals surface area contributed by atoms with Gasteiger partial charge in [0, 0.05) is 18.7 Å². The Morgan fingerprint density at radius 2 is 1.91 bits per heavy atom. The predicted octanol–water partition coefficient (Wildman–Crippen LogP) is 0.799. The Morgan fingerprint density at radius 1 is 1.13 bits per heavy atom. The van der Waals surface area contributed by atoms with Gasteiger partial charge in [-0.05, 0) is 24.3 Å². The van der Waals surface area contributed by atoms with Gasteiger partial charge in [0.25, 0.3) is 15.9 Å². The van der Waals surface area contributed by atoms with Gasteiger partial charge in [0.2, 0.25) is 0 Å². The van der Waals surface area contributed by atoms with Crippen molar-refractivity contribution in [1.82, 2.24) is 15.2 Å². The summed E-state index contributed by atoms with van der Waals surface area (Å²) >= 11 is 0. The minimum Gasteiger partial charge on any atom is -0.490 e. The van der Waals surface area contributed by atoms with Gasteiger partial charge in [0.1, 0.15) is 5.69 Å². The molecule has 1 aliphatic rings. The summed E-state index contributed by atoms with van der Waals surface area (Å²) in [4.78, 5) is 16.4. The highest BCUT2D eigenvalue weighted by molar-refractivity contribution is 7.89. The third-order valence-corrected chi connectivity index (χ3v) is 4.42. The average Bonchev–Trinajstić information content (AvgIpc) is 2.98. The molecule has 3 N–H and O–H groups in total. The highest BCUT2D eigenvalue weighted by Crippen LogP contribution is 2.31. The molecule has 0 saturated carbocycles. The molecule has 1 aromatic heterocycles. The summed E-state index contributed by atoms with van der Waals surface area (Å²) in [5, 5.41) is 0. The van der Waals surface area contributed by atoms with Crippen molar-refractivity contribution in [3.05, 3.63) is 42.2 Å². The summed E-state index contributed by atoms with van der Waals surface area (Å²) < 4.78 is 35.4. The molecule has 122 valence electrons. The molecule has 1 amide bonds. The summed E-state index contributed by atoms with van der Waals surface area (Å²) in [5.41, 5.74) is 2.38. The van der Waals surface area contributed by atoms with E-state index in [4.69, 9.17) is 9.47 Å². The van der Waals surface area contributed by atoms with Crippen LogP contribution in [0.1, 0.15) is 16.9 Å². The molecule has 0 atom stereocenters. The summed E-state index contributed by atoms with van der Waals surface area (Å²) in [5.74, 6) is 0.269. The van der Waals surface area contributed by atoms with Crippen LogP contribution in [0.25, 0.3) is 0 Å². The van der Waals surface area contributed by atoms with Gasteiger partial charge >= 0.3 is 0 Å². The third kappa shape index (κ3) is 3.46. The molecule has 3 rings (SSSR count). The lowest BCUT2D eigenvalue weighted by molar-refractivity contribution is 0.0940. The number of aromatic amines is 1. The lowest BCUT2D eigenvalue weighted by Gasteiger charge is -2.11. The molecule has 8 nitrogen and oxygen atoms in total. The van der Waals surface area contributed by atoms with E-state index in [9.17, 15) is 13.2 Å². The quantitative estimate of drug-likeness (QED) is 0.715. The lowest BCUT2D eigenvalue weighted by Crippen LogP contribution is -2.41. The molecule has 9 heteroatoms. The number of benzene rings is 1. The summed E-state index contributed by atoms with van der Waals surface area (Å²) in [6, 6.07) is 7.44. The van der Waals surface area contributed by atoms with Crippen LogP contribution in [0, 0.1) is 0 Å². The number of fused-ring (bicyclic) bond motifs is 1. The minimum atomic E-state index is -3.92. The average molecular weight is 337 g/mol. The van der Waals surface area contributed by atoms with Gasteiger partial charge in [-0.25, -0.2) is 8.42 Å². The van der Waals surface area contributed by atoms with Crippen LogP contribution >= 0.6 is 0 Å². The second-order valence-electron chi connectivity index (χ2n) is 4.80. The van der Waals surface area contributed by atoms with Gasteiger partial charge in [-0.2, -0.15) is 0 Å². The van der Waals surface area contributed by atoms with E-state index in [-0.39, 0.29) is 10.6 Å². The maximum atomic E-state index is 12.2. The Hall–Kier alpha value is -2.52. The van der Waals surface area contributed by atoms with E-state index in [2.05, 4.69) is 10.4 Å². The van der Waals surface area contributed by atoms with E-state index in [1.807, 2.05) is 4.83 Å². The van der Waals surface area contributed by atoms with Crippen LogP contribution in [0.4, 0.5) is 0 Å². The Kier molecular flexibility index (Phi) is 4.22. The molecular weight excluding hydrogens is 322 g/mol. The number of rotatable bonds is 4. The van der Waals surface area contributed by atoms with Gasteiger partial charge in [-0.3, -0.25) is 10.2 Å². The van der Waals surface area contributed by atoms with Crippen molar-refractivity contribution in [3.63, 3.8) is 0 Å². The van der Waals surface area contributed by atoms with Crippen molar-refractivity contribution in [2.75, 3.05) is 13.2 Å². The molecule has 0 bridgehead atoms. The van der Waals surface area contributed by atoms with Crippen LogP contribution in [-0.2, 0) is 10.0 Å². The van der Waals surface area contributed by atoms with Crippen molar-refractivity contribution < 1.29 is 22.7 Å². The van der Waals surface area contributed by atoms with E-state index in [0.717, 1.165) is 6.42 Å². The molecule has 0 saturated heterocycles. The zero-order chi connectivity index (χ0) is 16.3. The second-order valence-corrected chi connectivity index (χ2v) is 6.48. The zero-order valence-corrected chi connectivity index (χ0v) is 12.9.